The lowest BCUT2D eigenvalue weighted by Crippen LogP contribution is -2.60. The molecule has 19 heavy (non-hydrogen) atoms. The van der Waals surface area contributed by atoms with Crippen molar-refractivity contribution < 1.29 is 13.2 Å². The highest BCUT2D eigenvalue weighted by Gasteiger charge is 2.39. The van der Waals surface area contributed by atoms with E-state index in [1.807, 2.05) is 7.05 Å². The van der Waals surface area contributed by atoms with Crippen molar-refractivity contribution in [2.24, 2.45) is 5.73 Å². The quantitative estimate of drug-likeness (QED) is 0.730. The fourth-order valence-corrected chi connectivity index (χ4v) is 4.64. The van der Waals surface area contributed by atoms with Crippen molar-refractivity contribution in [1.29, 1.82) is 0 Å². The Bertz CT molecular complexity index is 385. The van der Waals surface area contributed by atoms with Gasteiger partial charge in [0, 0.05) is 25.3 Å². The molecule has 0 bridgehead atoms. The van der Waals surface area contributed by atoms with Gasteiger partial charge in [-0.3, -0.25) is 0 Å². The molecule has 7 heteroatoms. The normalized spacial score (nSPS) is 26.4. The van der Waals surface area contributed by atoms with Crippen molar-refractivity contribution in [2.75, 3.05) is 39.9 Å². The maximum atomic E-state index is 12.5. The summed E-state index contributed by atoms with van der Waals surface area (Å²) in [5.41, 5.74) is 5.40. The number of nitrogens with zero attached hydrogens (tertiary/aromatic N) is 1. The van der Waals surface area contributed by atoms with E-state index in [9.17, 15) is 8.42 Å². The summed E-state index contributed by atoms with van der Waals surface area (Å²) in [7, 11) is -1.25. The lowest BCUT2D eigenvalue weighted by molar-refractivity contribution is 0.0975. The first-order chi connectivity index (χ1) is 8.97. The molecule has 0 radical (unpaired) electrons. The Morgan fingerprint density at radius 1 is 1.32 bits per heavy atom. The Kier molecular flexibility index (Phi) is 4.84. The summed E-state index contributed by atoms with van der Waals surface area (Å²) in [4.78, 5) is 2.21. The van der Waals surface area contributed by atoms with E-state index in [1.54, 1.807) is 0 Å². The van der Waals surface area contributed by atoms with Gasteiger partial charge in [0.05, 0.1) is 5.25 Å². The average molecular weight is 291 g/mol. The maximum Gasteiger partial charge on any atom is 0.215 e. The van der Waals surface area contributed by atoms with Gasteiger partial charge in [0.1, 0.15) is 0 Å². The maximum absolute atomic E-state index is 12.5. The minimum atomic E-state index is -3.30. The molecule has 0 spiro atoms. The monoisotopic (exact) mass is 291 g/mol. The van der Waals surface area contributed by atoms with Crippen molar-refractivity contribution in [1.82, 2.24) is 9.62 Å². The molecule has 3 N–H and O–H groups in total. The van der Waals surface area contributed by atoms with Crippen LogP contribution < -0.4 is 10.5 Å². The summed E-state index contributed by atoms with van der Waals surface area (Å²) in [5.74, 6) is 0. The van der Waals surface area contributed by atoms with Crippen LogP contribution in [0.5, 0.6) is 0 Å². The van der Waals surface area contributed by atoms with Gasteiger partial charge >= 0.3 is 0 Å². The van der Waals surface area contributed by atoms with Gasteiger partial charge in [-0.2, -0.15) is 0 Å². The Labute approximate surface area is 115 Å². The third kappa shape index (κ3) is 3.66. The van der Waals surface area contributed by atoms with Gasteiger partial charge in [0.25, 0.3) is 0 Å². The molecule has 0 atom stereocenters. The number of piperidine rings is 1. The number of rotatable bonds is 4. The molecule has 2 saturated heterocycles. The van der Waals surface area contributed by atoms with Gasteiger partial charge < -0.3 is 15.4 Å². The predicted octanol–water partition coefficient (Wildman–Crippen LogP) is -0.492. The van der Waals surface area contributed by atoms with Crippen molar-refractivity contribution in [3.63, 3.8) is 0 Å². The zero-order valence-corrected chi connectivity index (χ0v) is 12.4. The van der Waals surface area contributed by atoms with E-state index in [1.165, 1.54) is 0 Å². The van der Waals surface area contributed by atoms with E-state index in [0.29, 0.717) is 32.6 Å². The molecule has 0 saturated carbocycles. The van der Waals surface area contributed by atoms with Crippen molar-refractivity contribution >= 4 is 10.0 Å². The molecule has 2 rings (SSSR count). The second-order valence-electron chi connectivity index (χ2n) is 5.75. The van der Waals surface area contributed by atoms with Crippen LogP contribution in [0.2, 0.25) is 0 Å². The Morgan fingerprint density at radius 3 is 2.42 bits per heavy atom. The molecule has 112 valence electrons. The molecule has 6 nitrogen and oxygen atoms in total. The van der Waals surface area contributed by atoms with Crippen molar-refractivity contribution in [3.05, 3.63) is 0 Å². The van der Waals surface area contributed by atoms with Crippen LogP contribution in [0.3, 0.4) is 0 Å². The van der Waals surface area contributed by atoms with E-state index in [0.717, 1.165) is 25.9 Å². The first kappa shape index (κ1) is 15.2. The fourth-order valence-electron chi connectivity index (χ4n) is 2.77. The van der Waals surface area contributed by atoms with Gasteiger partial charge in [-0.05, 0) is 45.8 Å². The standard InChI is InChI=1S/C12H25N3O3S/c1-15-6-4-12(10-13,5-7-15)14-19(16,17)11-2-8-18-9-3-11/h11,14H,2-10,13H2,1H3. The Hall–Kier alpha value is -0.210. The van der Waals surface area contributed by atoms with Gasteiger partial charge in [-0.25, -0.2) is 13.1 Å². The van der Waals surface area contributed by atoms with E-state index >= 15 is 0 Å². The molecule has 0 aromatic heterocycles. The lowest BCUT2D eigenvalue weighted by atomic mass is 9.89. The van der Waals surface area contributed by atoms with Crippen molar-refractivity contribution in [3.8, 4) is 0 Å². The smallest absolute Gasteiger partial charge is 0.215 e. The number of sulfonamides is 1. The third-order valence-corrected chi connectivity index (χ3v) is 6.37. The Balaban J connectivity index is 2.04. The SMILES string of the molecule is CN1CCC(CN)(NS(=O)(=O)C2CCOCC2)CC1. The molecule has 2 aliphatic rings. The Morgan fingerprint density at radius 2 is 1.89 bits per heavy atom. The zero-order chi connectivity index (χ0) is 13.9. The number of hydrogen-bond donors (Lipinski definition) is 2. The summed E-state index contributed by atoms with van der Waals surface area (Å²) in [5, 5.41) is -0.329. The van der Waals surface area contributed by atoms with Gasteiger partial charge in [0.15, 0.2) is 0 Å². The van der Waals surface area contributed by atoms with E-state index in [-0.39, 0.29) is 5.25 Å². The third-order valence-electron chi connectivity index (χ3n) is 4.30. The molecule has 0 aromatic rings. The molecule has 0 unspecified atom stereocenters. The first-order valence-electron chi connectivity index (χ1n) is 6.97. The van der Waals surface area contributed by atoms with Gasteiger partial charge in [-0.1, -0.05) is 0 Å². The van der Waals surface area contributed by atoms with Crippen LogP contribution in [0, 0.1) is 0 Å². The first-order valence-corrected chi connectivity index (χ1v) is 8.51. The fraction of sp³-hybridized carbons (Fsp3) is 1.00. The van der Waals surface area contributed by atoms with Crippen LogP contribution in [0.4, 0.5) is 0 Å². The average Bonchev–Trinajstić information content (AvgIpc) is 2.42. The summed E-state index contributed by atoms with van der Waals surface area (Å²) >= 11 is 0. The molecule has 2 heterocycles. The number of likely N-dealkylation sites (tertiary alicyclic amines) is 1. The van der Waals surface area contributed by atoms with E-state index in [4.69, 9.17) is 10.5 Å². The number of nitrogens with two attached hydrogens (primary N) is 1. The minimum Gasteiger partial charge on any atom is -0.381 e. The molecular weight excluding hydrogens is 266 g/mol. The molecule has 2 aliphatic heterocycles. The number of nitrogens with one attached hydrogen (secondary N) is 1. The van der Waals surface area contributed by atoms with Crippen molar-refractivity contribution in [2.45, 2.75) is 36.5 Å². The molecule has 2 fully saturated rings. The van der Waals surface area contributed by atoms with Crippen LogP contribution in [-0.4, -0.2) is 64.0 Å². The van der Waals surface area contributed by atoms with Gasteiger partial charge in [0.2, 0.25) is 10.0 Å². The summed E-state index contributed by atoms with van der Waals surface area (Å²) in [6.45, 7) is 3.19. The van der Waals surface area contributed by atoms with Crippen LogP contribution in [0.25, 0.3) is 0 Å². The summed E-state index contributed by atoms with van der Waals surface area (Å²) in [6.07, 6.45) is 2.72. The second-order valence-corrected chi connectivity index (χ2v) is 7.71. The minimum absolute atomic E-state index is 0.329. The number of hydrogen-bond acceptors (Lipinski definition) is 5. The second kappa shape index (κ2) is 6.05. The molecular formula is C12H25N3O3S. The van der Waals surface area contributed by atoms with Crippen LogP contribution in [-0.2, 0) is 14.8 Å². The highest BCUT2D eigenvalue weighted by molar-refractivity contribution is 7.90. The molecule has 0 amide bonds. The molecule has 0 aliphatic carbocycles. The predicted molar refractivity (Wildman–Crippen MR) is 74.4 cm³/mol. The highest BCUT2D eigenvalue weighted by Crippen LogP contribution is 2.24. The number of ether oxygens (including phenoxy) is 1. The topological polar surface area (TPSA) is 84.7 Å². The summed E-state index contributed by atoms with van der Waals surface area (Å²) in [6, 6.07) is 0. The van der Waals surface area contributed by atoms with Crippen LogP contribution in [0.1, 0.15) is 25.7 Å². The molecule has 0 aromatic carbocycles. The van der Waals surface area contributed by atoms with Gasteiger partial charge in [-0.15, -0.1) is 0 Å². The summed E-state index contributed by atoms with van der Waals surface area (Å²) < 4.78 is 33.1. The lowest BCUT2D eigenvalue weighted by Gasteiger charge is -2.41. The van der Waals surface area contributed by atoms with E-state index in [2.05, 4.69) is 9.62 Å². The van der Waals surface area contributed by atoms with Crippen LogP contribution >= 0.6 is 0 Å². The van der Waals surface area contributed by atoms with E-state index < -0.39 is 15.6 Å². The largest absolute Gasteiger partial charge is 0.381 e. The highest BCUT2D eigenvalue weighted by atomic mass is 32.2. The zero-order valence-electron chi connectivity index (χ0n) is 11.6. The van der Waals surface area contributed by atoms with Crippen LogP contribution in [0.15, 0.2) is 0 Å².